The summed E-state index contributed by atoms with van der Waals surface area (Å²) in [6.45, 7) is 6.33. The Labute approximate surface area is 141 Å². The van der Waals surface area contributed by atoms with Gasteiger partial charge in [0, 0.05) is 24.2 Å². The van der Waals surface area contributed by atoms with Crippen LogP contribution in [0.4, 0.5) is 0 Å². The van der Waals surface area contributed by atoms with Gasteiger partial charge in [-0.25, -0.2) is 4.98 Å². The maximum atomic E-state index is 12.6. The quantitative estimate of drug-likeness (QED) is 0.874. The minimum Gasteiger partial charge on any atom is -0.348 e. The van der Waals surface area contributed by atoms with Gasteiger partial charge in [-0.15, -0.1) is 12.4 Å². The van der Waals surface area contributed by atoms with Gasteiger partial charge < -0.3 is 15.6 Å². The van der Waals surface area contributed by atoms with Crippen LogP contribution in [0, 0.1) is 0 Å². The maximum absolute atomic E-state index is 12.6. The number of nitrogens with one attached hydrogen (secondary N) is 1. The first kappa shape index (κ1) is 17.7. The molecule has 2 heterocycles. The average molecular weight is 339 g/mol. The fraction of sp³-hybridized carbons (Fsp3) is 0.562. The third kappa shape index (κ3) is 3.48. The first-order valence-electron chi connectivity index (χ1n) is 7.82. The van der Waals surface area contributed by atoms with E-state index in [-0.39, 0.29) is 30.3 Å². The van der Waals surface area contributed by atoms with Gasteiger partial charge >= 0.3 is 0 Å². The molecule has 1 aliphatic rings. The van der Waals surface area contributed by atoms with Gasteiger partial charge in [0.15, 0.2) is 0 Å². The van der Waals surface area contributed by atoms with E-state index in [1.807, 2.05) is 26.8 Å². The van der Waals surface area contributed by atoms with E-state index in [9.17, 15) is 4.79 Å². The molecule has 0 unspecified atom stereocenters. The van der Waals surface area contributed by atoms with Crippen LogP contribution in [0.25, 0.3) is 11.1 Å². The molecule has 1 amide bonds. The predicted molar refractivity (Wildman–Crippen MR) is 91.1 cm³/mol. The second-order valence-electron chi connectivity index (χ2n) is 6.38. The van der Waals surface area contributed by atoms with Gasteiger partial charge in [-0.1, -0.05) is 19.0 Å². The molecule has 0 bridgehead atoms. The number of hydrogen-bond acceptors (Lipinski definition) is 5. The molecule has 1 saturated carbocycles. The molecule has 0 radical (unpaired) electrons. The summed E-state index contributed by atoms with van der Waals surface area (Å²) in [6.07, 6.45) is 2.23. The molecule has 2 aromatic heterocycles. The second kappa shape index (κ2) is 6.84. The van der Waals surface area contributed by atoms with Crippen molar-refractivity contribution in [3.8, 4) is 0 Å². The molecule has 1 atom stereocenters. The Kier molecular flexibility index (Phi) is 5.26. The molecule has 6 nitrogen and oxygen atoms in total. The first-order chi connectivity index (χ1) is 10.5. The number of aromatic nitrogens is 2. The third-order valence-corrected chi connectivity index (χ3v) is 4.01. The van der Waals surface area contributed by atoms with Crippen molar-refractivity contribution in [1.29, 1.82) is 0 Å². The monoisotopic (exact) mass is 338 g/mol. The Bertz CT molecular complexity index is 709. The molecule has 1 aliphatic carbocycles. The van der Waals surface area contributed by atoms with Crippen LogP contribution in [0.5, 0.6) is 0 Å². The van der Waals surface area contributed by atoms with E-state index in [2.05, 4.69) is 15.5 Å². The lowest BCUT2D eigenvalue weighted by Crippen LogP contribution is -2.38. The summed E-state index contributed by atoms with van der Waals surface area (Å²) in [5.41, 5.74) is 8.35. The topological polar surface area (TPSA) is 94.0 Å². The smallest absolute Gasteiger partial charge is 0.259 e. The highest BCUT2D eigenvalue weighted by molar-refractivity contribution is 6.06. The molecule has 2 aromatic rings. The highest BCUT2D eigenvalue weighted by Crippen LogP contribution is 2.41. The molecule has 3 rings (SSSR count). The van der Waals surface area contributed by atoms with Gasteiger partial charge in [0.1, 0.15) is 0 Å². The van der Waals surface area contributed by atoms with Crippen molar-refractivity contribution in [2.75, 3.05) is 6.54 Å². The molecule has 3 N–H and O–H groups in total. The summed E-state index contributed by atoms with van der Waals surface area (Å²) in [7, 11) is 0. The Hall–Kier alpha value is -1.66. The van der Waals surface area contributed by atoms with Gasteiger partial charge in [0.05, 0.1) is 16.6 Å². The van der Waals surface area contributed by atoms with Crippen LogP contribution in [0.1, 0.15) is 67.2 Å². The lowest BCUT2D eigenvalue weighted by Gasteiger charge is -2.13. The first-order valence-corrected chi connectivity index (χ1v) is 7.82. The number of hydrogen-bond donors (Lipinski definition) is 2. The molecular formula is C16H23ClN4O2. The summed E-state index contributed by atoms with van der Waals surface area (Å²) in [6, 6.07) is 1.81. The minimum absolute atomic E-state index is 0. The molecule has 0 aliphatic heterocycles. The van der Waals surface area contributed by atoms with E-state index in [1.54, 1.807) is 0 Å². The van der Waals surface area contributed by atoms with Crippen molar-refractivity contribution < 1.29 is 9.32 Å². The number of amides is 1. The SMILES string of the molecule is CC(C)c1noc2nc(C3CC3)cc(C(=O)N[C@@H](C)CN)c12.Cl. The third-order valence-electron chi connectivity index (χ3n) is 4.01. The lowest BCUT2D eigenvalue weighted by atomic mass is 10.0. The zero-order chi connectivity index (χ0) is 15.9. The standard InChI is InChI=1S/C16H22N4O2.ClH/c1-8(2)14-13-11(15(21)18-9(3)7-17)6-12(10-4-5-10)19-16(13)22-20-14;/h6,8-10H,4-5,7,17H2,1-3H3,(H,18,21);1H/t9-;/m0./s1. The summed E-state index contributed by atoms with van der Waals surface area (Å²) in [5, 5.41) is 7.76. The van der Waals surface area contributed by atoms with Crippen molar-refractivity contribution in [3.05, 3.63) is 23.0 Å². The highest BCUT2D eigenvalue weighted by Gasteiger charge is 2.29. The molecule has 7 heteroatoms. The summed E-state index contributed by atoms with van der Waals surface area (Å²) in [4.78, 5) is 17.2. The van der Waals surface area contributed by atoms with Crippen molar-refractivity contribution in [2.24, 2.45) is 5.73 Å². The highest BCUT2D eigenvalue weighted by atomic mass is 35.5. The predicted octanol–water partition coefficient (Wildman–Crippen LogP) is 2.72. The molecule has 0 spiro atoms. The molecular weight excluding hydrogens is 316 g/mol. The van der Waals surface area contributed by atoms with Crippen LogP contribution in [0.2, 0.25) is 0 Å². The average Bonchev–Trinajstić information content (AvgIpc) is 3.25. The summed E-state index contributed by atoms with van der Waals surface area (Å²) in [5.74, 6) is 0.459. The van der Waals surface area contributed by atoms with E-state index >= 15 is 0 Å². The fourth-order valence-corrected chi connectivity index (χ4v) is 2.51. The molecule has 0 saturated heterocycles. The number of nitrogens with two attached hydrogens (primary N) is 1. The van der Waals surface area contributed by atoms with Crippen LogP contribution >= 0.6 is 12.4 Å². The Morgan fingerprint density at radius 1 is 1.43 bits per heavy atom. The summed E-state index contributed by atoms with van der Waals surface area (Å²) >= 11 is 0. The van der Waals surface area contributed by atoms with Crippen molar-refractivity contribution in [1.82, 2.24) is 15.5 Å². The summed E-state index contributed by atoms with van der Waals surface area (Å²) < 4.78 is 5.39. The van der Waals surface area contributed by atoms with Crippen LogP contribution in [-0.4, -0.2) is 28.6 Å². The largest absolute Gasteiger partial charge is 0.348 e. The van der Waals surface area contributed by atoms with Gasteiger partial charge in [0.25, 0.3) is 11.6 Å². The van der Waals surface area contributed by atoms with Gasteiger partial charge in [-0.05, 0) is 31.7 Å². The Balaban J connectivity index is 0.00000192. The van der Waals surface area contributed by atoms with Crippen molar-refractivity contribution in [3.63, 3.8) is 0 Å². The maximum Gasteiger partial charge on any atom is 0.259 e. The molecule has 126 valence electrons. The Morgan fingerprint density at radius 2 is 2.13 bits per heavy atom. The number of nitrogens with zero attached hydrogens (tertiary/aromatic N) is 2. The van der Waals surface area contributed by atoms with Crippen LogP contribution in [0.15, 0.2) is 10.6 Å². The fourth-order valence-electron chi connectivity index (χ4n) is 2.51. The van der Waals surface area contributed by atoms with Crippen LogP contribution < -0.4 is 11.1 Å². The zero-order valence-electron chi connectivity index (χ0n) is 13.6. The van der Waals surface area contributed by atoms with Crippen molar-refractivity contribution >= 4 is 29.4 Å². The van der Waals surface area contributed by atoms with E-state index in [0.717, 1.165) is 29.6 Å². The Morgan fingerprint density at radius 3 is 2.70 bits per heavy atom. The van der Waals surface area contributed by atoms with Crippen LogP contribution in [0.3, 0.4) is 0 Å². The van der Waals surface area contributed by atoms with Crippen molar-refractivity contribution in [2.45, 2.75) is 51.5 Å². The number of halogens is 1. The second-order valence-corrected chi connectivity index (χ2v) is 6.38. The van der Waals surface area contributed by atoms with E-state index < -0.39 is 0 Å². The van der Waals surface area contributed by atoms with E-state index in [1.165, 1.54) is 0 Å². The normalized spacial score (nSPS) is 15.5. The van der Waals surface area contributed by atoms with Gasteiger partial charge in [-0.3, -0.25) is 4.79 Å². The number of carbonyl (C=O) groups is 1. The van der Waals surface area contributed by atoms with Crippen LogP contribution in [-0.2, 0) is 0 Å². The number of carbonyl (C=O) groups excluding carboxylic acids is 1. The lowest BCUT2D eigenvalue weighted by molar-refractivity contribution is 0.0942. The minimum atomic E-state index is -0.141. The van der Waals surface area contributed by atoms with E-state index in [4.69, 9.17) is 10.3 Å². The number of pyridine rings is 1. The van der Waals surface area contributed by atoms with Gasteiger partial charge in [-0.2, -0.15) is 0 Å². The zero-order valence-corrected chi connectivity index (χ0v) is 14.4. The molecule has 1 fully saturated rings. The van der Waals surface area contributed by atoms with Gasteiger partial charge in [0.2, 0.25) is 0 Å². The molecule has 0 aromatic carbocycles. The number of rotatable bonds is 5. The van der Waals surface area contributed by atoms with E-state index in [0.29, 0.717) is 23.7 Å². The molecule has 23 heavy (non-hydrogen) atoms. The number of fused-ring (bicyclic) bond motifs is 1.